The molecule has 0 saturated carbocycles. The lowest BCUT2D eigenvalue weighted by Crippen LogP contribution is -2.27. The molecule has 0 radical (unpaired) electrons. The van der Waals surface area contributed by atoms with Gasteiger partial charge in [-0.1, -0.05) is 12.1 Å². The van der Waals surface area contributed by atoms with Crippen LogP contribution >= 0.6 is 0 Å². The van der Waals surface area contributed by atoms with E-state index in [1.54, 1.807) is 13.1 Å². The summed E-state index contributed by atoms with van der Waals surface area (Å²) in [6.45, 7) is 4.89. The Hall–Kier alpha value is -1.85. The van der Waals surface area contributed by atoms with Crippen molar-refractivity contribution in [3.63, 3.8) is 0 Å². The highest BCUT2D eigenvalue weighted by Crippen LogP contribution is 2.18. The molecule has 0 amide bonds. The number of nitrogens with one attached hydrogen (secondary N) is 1. The zero-order valence-corrected chi connectivity index (χ0v) is 12.8. The standard InChI is InChI=1S/C16H23N3O2/c1-12(20)10-18-13(2)14-4-6-15(7-5-14)21-11-16-17-8-9-19(16)3/h4-9,12-13,18,20H,10-11H2,1-3H3. The van der Waals surface area contributed by atoms with Crippen LogP contribution in [0.3, 0.4) is 0 Å². The van der Waals surface area contributed by atoms with Crippen molar-refractivity contribution in [3.8, 4) is 5.75 Å². The van der Waals surface area contributed by atoms with Crippen LogP contribution in [0.2, 0.25) is 0 Å². The van der Waals surface area contributed by atoms with Crippen LogP contribution in [0.25, 0.3) is 0 Å². The van der Waals surface area contributed by atoms with Gasteiger partial charge in [0.25, 0.3) is 0 Å². The predicted molar refractivity (Wildman–Crippen MR) is 82.1 cm³/mol. The molecule has 2 aromatic rings. The molecule has 1 heterocycles. The molecule has 1 aromatic carbocycles. The van der Waals surface area contributed by atoms with Gasteiger partial charge in [-0.05, 0) is 31.5 Å². The number of nitrogens with zero attached hydrogens (tertiary/aromatic N) is 2. The molecule has 0 spiro atoms. The third-order valence-electron chi connectivity index (χ3n) is 3.39. The second kappa shape index (κ2) is 7.24. The molecule has 0 bridgehead atoms. The molecular formula is C16H23N3O2. The summed E-state index contributed by atoms with van der Waals surface area (Å²) in [5.74, 6) is 1.72. The maximum absolute atomic E-state index is 9.28. The van der Waals surface area contributed by atoms with Gasteiger partial charge in [-0.2, -0.15) is 0 Å². The van der Waals surface area contributed by atoms with E-state index < -0.39 is 0 Å². The second-order valence-corrected chi connectivity index (χ2v) is 5.29. The minimum atomic E-state index is -0.340. The van der Waals surface area contributed by atoms with Crippen LogP contribution in [0, 0.1) is 0 Å². The Bertz CT molecular complexity index is 549. The Labute approximate surface area is 125 Å². The number of rotatable bonds is 7. The van der Waals surface area contributed by atoms with E-state index in [-0.39, 0.29) is 12.1 Å². The molecule has 2 rings (SSSR count). The Balaban J connectivity index is 1.88. The number of aliphatic hydroxyl groups is 1. The molecule has 5 heteroatoms. The molecule has 21 heavy (non-hydrogen) atoms. The molecule has 0 fully saturated rings. The molecule has 5 nitrogen and oxygen atoms in total. The summed E-state index contributed by atoms with van der Waals surface area (Å²) in [6.07, 6.45) is 3.32. The van der Waals surface area contributed by atoms with Crippen LogP contribution in [-0.4, -0.2) is 27.3 Å². The van der Waals surface area contributed by atoms with Gasteiger partial charge in [0.1, 0.15) is 18.2 Å². The normalized spacial score (nSPS) is 13.9. The van der Waals surface area contributed by atoms with Crippen molar-refractivity contribution in [2.75, 3.05) is 6.54 Å². The number of aromatic nitrogens is 2. The highest BCUT2D eigenvalue weighted by molar-refractivity contribution is 5.29. The van der Waals surface area contributed by atoms with E-state index in [4.69, 9.17) is 4.74 Å². The van der Waals surface area contributed by atoms with Crippen LogP contribution in [-0.2, 0) is 13.7 Å². The molecule has 114 valence electrons. The number of aliphatic hydroxyl groups excluding tert-OH is 1. The third-order valence-corrected chi connectivity index (χ3v) is 3.39. The summed E-state index contributed by atoms with van der Waals surface area (Å²) < 4.78 is 7.66. The number of ether oxygens (including phenoxy) is 1. The van der Waals surface area contributed by atoms with E-state index in [1.165, 1.54) is 5.56 Å². The Morgan fingerprint density at radius 2 is 2.00 bits per heavy atom. The average molecular weight is 289 g/mol. The predicted octanol–water partition coefficient (Wildman–Crippen LogP) is 2.03. The molecular weight excluding hydrogens is 266 g/mol. The molecule has 2 atom stereocenters. The van der Waals surface area contributed by atoms with Gasteiger partial charge in [-0.15, -0.1) is 0 Å². The summed E-state index contributed by atoms with van der Waals surface area (Å²) in [5, 5.41) is 12.6. The maximum atomic E-state index is 9.28. The van der Waals surface area contributed by atoms with Gasteiger partial charge in [-0.25, -0.2) is 4.98 Å². The third kappa shape index (κ3) is 4.58. The first kappa shape index (κ1) is 15.5. The van der Waals surface area contributed by atoms with Crippen molar-refractivity contribution in [2.45, 2.75) is 32.6 Å². The van der Waals surface area contributed by atoms with Gasteiger partial charge in [0.15, 0.2) is 0 Å². The minimum Gasteiger partial charge on any atom is -0.486 e. The van der Waals surface area contributed by atoms with Crippen molar-refractivity contribution >= 4 is 0 Å². The van der Waals surface area contributed by atoms with Gasteiger partial charge < -0.3 is 19.7 Å². The average Bonchev–Trinajstić information content (AvgIpc) is 2.88. The number of hydrogen-bond acceptors (Lipinski definition) is 4. The van der Waals surface area contributed by atoms with Crippen molar-refractivity contribution in [2.24, 2.45) is 7.05 Å². The van der Waals surface area contributed by atoms with Crippen LogP contribution < -0.4 is 10.1 Å². The van der Waals surface area contributed by atoms with Crippen LogP contribution in [0.4, 0.5) is 0 Å². The smallest absolute Gasteiger partial charge is 0.146 e. The summed E-state index contributed by atoms with van der Waals surface area (Å²) in [7, 11) is 1.95. The quantitative estimate of drug-likeness (QED) is 0.819. The summed E-state index contributed by atoms with van der Waals surface area (Å²) in [6, 6.07) is 8.18. The fraction of sp³-hybridized carbons (Fsp3) is 0.438. The van der Waals surface area contributed by atoms with Crippen molar-refractivity contribution in [1.82, 2.24) is 14.9 Å². The van der Waals surface area contributed by atoms with E-state index in [0.29, 0.717) is 13.2 Å². The number of imidazole rings is 1. The van der Waals surface area contributed by atoms with Crippen molar-refractivity contribution in [3.05, 3.63) is 48.0 Å². The number of benzene rings is 1. The zero-order chi connectivity index (χ0) is 15.2. The molecule has 2 N–H and O–H groups in total. The highest BCUT2D eigenvalue weighted by Gasteiger charge is 2.06. The lowest BCUT2D eigenvalue weighted by atomic mass is 10.1. The highest BCUT2D eigenvalue weighted by atomic mass is 16.5. The summed E-state index contributed by atoms with van der Waals surface area (Å²) >= 11 is 0. The lowest BCUT2D eigenvalue weighted by molar-refractivity contribution is 0.187. The summed E-state index contributed by atoms with van der Waals surface area (Å²) in [4.78, 5) is 4.22. The van der Waals surface area contributed by atoms with Gasteiger partial charge in [0.2, 0.25) is 0 Å². The second-order valence-electron chi connectivity index (χ2n) is 5.29. The topological polar surface area (TPSA) is 59.3 Å². The molecule has 1 aromatic heterocycles. The Morgan fingerprint density at radius 3 is 2.57 bits per heavy atom. The van der Waals surface area contributed by atoms with E-state index in [0.717, 1.165) is 11.6 Å². The fourth-order valence-corrected chi connectivity index (χ4v) is 2.00. The molecule has 0 aliphatic carbocycles. The van der Waals surface area contributed by atoms with E-state index in [2.05, 4.69) is 17.2 Å². The van der Waals surface area contributed by atoms with Gasteiger partial charge in [0, 0.05) is 32.0 Å². The monoisotopic (exact) mass is 289 g/mol. The summed E-state index contributed by atoms with van der Waals surface area (Å²) in [5.41, 5.74) is 1.17. The van der Waals surface area contributed by atoms with Crippen molar-refractivity contribution < 1.29 is 9.84 Å². The number of hydrogen-bond donors (Lipinski definition) is 2. The first-order valence-corrected chi connectivity index (χ1v) is 7.16. The van der Waals surface area contributed by atoms with Crippen LogP contribution in [0.15, 0.2) is 36.7 Å². The fourth-order valence-electron chi connectivity index (χ4n) is 2.00. The largest absolute Gasteiger partial charge is 0.486 e. The molecule has 0 saturated heterocycles. The Kier molecular flexibility index (Phi) is 5.36. The lowest BCUT2D eigenvalue weighted by Gasteiger charge is -2.16. The first-order valence-electron chi connectivity index (χ1n) is 7.16. The van der Waals surface area contributed by atoms with E-state index in [1.807, 2.05) is 42.1 Å². The van der Waals surface area contributed by atoms with Crippen LogP contribution in [0.5, 0.6) is 5.75 Å². The van der Waals surface area contributed by atoms with Gasteiger partial charge in [0.05, 0.1) is 6.10 Å². The van der Waals surface area contributed by atoms with E-state index in [9.17, 15) is 5.11 Å². The minimum absolute atomic E-state index is 0.197. The van der Waals surface area contributed by atoms with E-state index >= 15 is 0 Å². The van der Waals surface area contributed by atoms with Gasteiger partial charge >= 0.3 is 0 Å². The first-order chi connectivity index (χ1) is 10.1. The number of aryl methyl sites for hydroxylation is 1. The van der Waals surface area contributed by atoms with Crippen LogP contribution in [0.1, 0.15) is 31.3 Å². The Morgan fingerprint density at radius 1 is 1.29 bits per heavy atom. The molecule has 2 unspecified atom stereocenters. The molecule has 0 aliphatic rings. The maximum Gasteiger partial charge on any atom is 0.146 e. The molecule has 0 aliphatic heterocycles. The SMILES string of the molecule is CC(O)CNC(C)c1ccc(OCc2nccn2C)cc1. The van der Waals surface area contributed by atoms with Gasteiger partial charge in [-0.3, -0.25) is 0 Å². The van der Waals surface area contributed by atoms with Crippen molar-refractivity contribution in [1.29, 1.82) is 0 Å². The zero-order valence-electron chi connectivity index (χ0n) is 12.8.